The van der Waals surface area contributed by atoms with Crippen molar-refractivity contribution in [3.05, 3.63) is 0 Å². The van der Waals surface area contributed by atoms with E-state index < -0.39 is 5.60 Å². The highest BCUT2D eigenvalue weighted by molar-refractivity contribution is 4.91. The van der Waals surface area contributed by atoms with Gasteiger partial charge in [0.2, 0.25) is 0 Å². The molecule has 2 aliphatic heterocycles. The minimum atomic E-state index is -0.497. The first-order chi connectivity index (χ1) is 6.29. The summed E-state index contributed by atoms with van der Waals surface area (Å²) < 4.78 is 0. The molecular weight excluding hydrogens is 166 g/mol. The molecule has 0 aromatic heterocycles. The molecule has 0 bridgehead atoms. The maximum absolute atomic E-state index is 10.0. The molecule has 0 amide bonds. The smallest absolute Gasteiger partial charge is 0.0907 e. The molecule has 0 saturated carbocycles. The highest BCUT2D eigenvalue weighted by Crippen LogP contribution is 2.13. The Labute approximate surface area is 79.1 Å². The number of hydrogen-bond acceptors (Lipinski definition) is 4. The van der Waals surface area contributed by atoms with Crippen LogP contribution in [0.25, 0.3) is 0 Å². The summed E-state index contributed by atoms with van der Waals surface area (Å²) in [4.78, 5) is 0. The van der Waals surface area contributed by atoms with E-state index in [0.717, 1.165) is 39.1 Å². The molecule has 2 saturated heterocycles. The van der Waals surface area contributed by atoms with Crippen molar-refractivity contribution < 1.29 is 5.11 Å². The predicted octanol–water partition coefficient (Wildman–Crippen LogP) is -1.34. The lowest BCUT2D eigenvalue weighted by Gasteiger charge is -2.23. The van der Waals surface area contributed by atoms with Crippen molar-refractivity contribution in [2.45, 2.75) is 24.5 Å². The van der Waals surface area contributed by atoms with Crippen LogP contribution in [0.2, 0.25) is 0 Å². The van der Waals surface area contributed by atoms with Crippen molar-refractivity contribution in [1.29, 1.82) is 0 Å². The normalized spacial score (nSPS) is 39.9. The lowest BCUT2D eigenvalue weighted by Crippen LogP contribution is -2.46. The van der Waals surface area contributed by atoms with Crippen LogP contribution in [0.5, 0.6) is 0 Å². The van der Waals surface area contributed by atoms with E-state index in [2.05, 4.69) is 16.0 Å². The second-order valence-corrected chi connectivity index (χ2v) is 4.22. The molecule has 2 unspecified atom stereocenters. The largest absolute Gasteiger partial charge is 0.387 e. The molecule has 76 valence electrons. The molecular formula is C9H19N3O. The Hall–Kier alpha value is -0.160. The predicted molar refractivity (Wildman–Crippen MR) is 51.7 cm³/mol. The summed E-state index contributed by atoms with van der Waals surface area (Å²) in [7, 11) is 0. The molecule has 4 heteroatoms. The average molecular weight is 185 g/mol. The fourth-order valence-corrected chi connectivity index (χ4v) is 2.04. The molecule has 13 heavy (non-hydrogen) atoms. The first kappa shape index (κ1) is 9.40. The lowest BCUT2D eigenvalue weighted by molar-refractivity contribution is 0.0587. The van der Waals surface area contributed by atoms with E-state index in [0.29, 0.717) is 6.04 Å². The fraction of sp³-hybridized carbons (Fsp3) is 1.00. The third-order valence-electron chi connectivity index (χ3n) is 3.00. The average Bonchev–Trinajstić information content (AvgIpc) is 2.72. The van der Waals surface area contributed by atoms with Gasteiger partial charge in [-0.3, -0.25) is 0 Å². The van der Waals surface area contributed by atoms with Gasteiger partial charge in [0.05, 0.1) is 5.60 Å². The van der Waals surface area contributed by atoms with Crippen LogP contribution in [0, 0.1) is 0 Å². The van der Waals surface area contributed by atoms with Crippen molar-refractivity contribution in [3.63, 3.8) is 0 Å². The zero-order valence-corrected chi connectivity index (χ0v) is 7.97. The summed E-state index contributed by atoms with van der Waals surface area (Å²) >= 11 is 0. The summed E-state index contributed by atoms with van der Waals surface area (Å²) in [6, 6.07) is 0.560. The molecule has 0 spiro atoms. The van der Waals surface area contributed by atoms with Crippen LogP contribution in [-0.2, 0) is 0 Å². The number of nitrogens with one attached hydrogen (secondary N) is 3. The van der Waals surface area contributed by atoms with Gasteiger partial charge in [0, 0.05) is 25.7 Å². The first-order valence-corrected chi connectivity index (χ1v) is 5.16. The molecule has 2 fully saturated rings. The van der Waals surface area contributed by atoms with Crippen molar-refractivity contribution in [3.8, 4) is 0 Å². The van der Waals surface area contributed by atoms with Gasteiger partial charge in [0.15, 0.2) is 0 Å². The summed E-state index contributed by atoms with van der Waals surface area (Å²) in [5.41, 5.74) is -0.497. The van der Waals surface area contributed by atoms with Gasteiger partial charge in [-0.25, -0.2) is 0 Å². The van der Waals surface area contributed by atoms with E-state index in [1.54, 1.807) is 0 Å². The van der Waals surface area contributed by atoms with Crippen LogP contribution in [0.15, 0.2) is 0 Å². The van der Waals surface area contributed by atoms with Crippen LogP contribution in [0.1, 0.15) is 12.8 Å². The molecule has 2 atom stereocenters. The molecule has 0 aromatic carbocycles. The zero-order chi connectivity index (χ0) is 9.15. The number of hydrogen-bond donors (Lipinski definition) is 4. The second kappa shape index (κ2) is 3.92. The van der Waals surface area contributed by atoms with E-state index in [4.69, 9.17) is 0 Å². The van der Waals surface area contributed by atoms with E-state index in [1.807, 2.05) is 0 Å². The van der Waals surface area contributed by atoms with Crippen molar-refractivity contribution in [1.82, 2.24) is 16.0 Å². The van der Waals surface area contributed by atoms with E-state index in [1.165, 1.54) is 6.42 Å². The van der Waals surface area contributed by atoms with Gasteiger partial charge < -0.3 is 21.1 Å². The molecule has 4 nitrogen and oxygen atoms in total. The lowest BCUT2D eigenvalue weighted by atomic mass is 10.0. The minimum absolute atomic E-state index is 0.497. The fourth-order valence-electron chi connectivity index (χ4n) is 2.04. The highest BCUT2D eigenvalue weighted by atomic mass is 16.3. The Balaban J connectivity index is 1.71. The SMILES string of the molecule is OC1(CNC2CCNC2)CCNC1. The van der Waals surface area contributed by atoms with Gasteiger partial charge in [-0.1, -0.05) is 0 Å². The molecule has 0 aromatic rings. The number of aliphatic hydroxyl groups is 1. The maximum Gasteiger partial charge on any atom is 0.0907 e. The monoisotopic (exact) mass is 185 g/mol. The van der Waals surface area contributed by atoms with Gasteiger partial charge in [-0.2, -0.15) is 0 Å². The molecule has 4 N–H and O–H groups in total. The molecule has 0 radical (unpaired) electrons. The topological polar surface area (TPSA) is 56.3 Å². The Bertz CT molecular complexity index is 162. The van der Waals surface area contributed by atoms with E-state index in [9.17, 15) is 5.11 Å². The summed E-state index contributed by atoms with van der Waals surface area (Å²) in [5, 5.41) is 19.9. The Morgan fingerprint density at radius 3 is 2.92 bits per heavy atom. The van der Waals surface area contributed by atoms with Gasteiger partial charge >= 0.3 is 0 Å². The van der Waals surface area contributed by atoms with Crippen molar-refractivity contribution in [2.24, 2.45) is 0 Å². The molecule has 2 rings (SSSR count). The van der Waals surface area contributed by atoms with E-state index in [-0.39, 0.29) is 0 Å². The number of β-amino-alcohol motifs (C(OH)–C–C–N with tert-alkyl or cyclic N) is 1. The Morgan fingerprint density at radius 1 is 1.38 bits per heavy atom. The minimum Gasteiger partial charge on any atom is -0.387 e. The first-order valence-electron chi connectivity index (χ1n) is 5.16. The van der Waals surface area contributed by atoms with Crippen molar-refractivity contribution >= 4 is 0 Å². The number of rotatable bonds is 3. The third-order valence-corrected chi connectivity index (χ3v) is 3.00. The van der Waals surface area contributed by atoms with Crippen molar-refractivity contribution in [2.75, 3.05) is 32.7 Å². The second-order valence-electron chi connectivity index (χ2n) is 4.22. The van der Waals surface area contributed by atoms with Crippen LogP contribution in [-0.4, -0.2) is 49.5 Å². The van der Waals surface area contributed by atoms with Crippen LogP contribution in [0.4, 0.5) is 0 Å². The van der Waals surface area contributed by atoms with Gasteiger partial charge in [0.25, 0.3) is 0 Å². The van der Waals surface area contributed by atoms with Crippen LogP contribution >= 0.6 is 0 Å². The van der Waals surface area contributed by atoms with Gasteiger partial charge in [0.1, 0.15) is 0 Å². The van der Waals surface area contributed by atoms with Gasteiger partial charge in [-0.15, -0.1) is 0 Å². The maximum atomic E-state index is 10.0. The summed E-state index contributed by atoms with van der Waals surface area (Å²) in [5.74, 6) is 0. The molecule has 2 aliphatic rings. The molecule has 0 aliphatic carbocycles. The standard InChI is InChI=1S/C9H19N3O/c13-9(2-4-11-6-9)7-12-8-1-3-10-5-8/h8,10-13H,1-7H2. The Morgan fingerprint density at radius 2 is 2.31 bits per heavy atom. The highest BCUT2D eigenvalue weighted by Gasteiger charge is 2.31. The van der Waals surface area contributed by atoms with Crippen LogP contribution in [0.3, 0.4) is 0 Å². The third kappa shape index (κ3) is 2.40. The van der Waals surface area contributed by atoms with E-state index >= 15 is 0 Å². The summed E-state index contributed by atoms with van der Waals surface area (Å²) in [6.07, 6.45) is 2.06. The quantitative estimate of drug-likeness (QED) is 0.440. The summed E-state index contributed by atoms with van der Waals surface area (Å²) in [6.45, 7) is 4.56. The van der Waals surface area contributed by atoms with Gasteiger partial charge in [-0.05, 0) is 25.9 Å². The van der Waals surface area contributed by atoms with Crippen LogP contribution < -0.4 is 16.0 Å². The zero-order valence-electron chi connectivity index (χ0n) is 7.97. The Kier molecular flexibility index (Phi) is 2.83. The molecule has 2 heterocycles.